The minimum atomic E-state index is -0.323. The first-order valence-corrected chi connectivity index (χ1v) is 7.33. The summed E-state index contributed by atoms with van der Waals surface area (Å²) < 4.78 is 4.96. The van der Waals surface area contributed by atoms with E-state index in [1.807, 2.05) is 36.4 Å². The van der Waals surface area contributed by atoms with Crippen LogP contribution in [0.25, 0.3) is 0 Å². The van der Waals surface area contributed by atoms with E-state index in [0.717, 1.165) is 16.8 Å². The highest BCUT2D eigenvalue weighted by atomic mass is 16.5. The molecule has 1 amide bonds. The maximum absolute atomic E-state index is 12.1. The Morgan fingerprint density at radius 3 is 2.59 bits per heavy atom. The zero-order valence-corrected chi connectivity index (χ0v) is 12.4. The van der Waals surface area contributed by atoms with Crippen molar-refractivity contribution in [3.05, 3.63) is 65.2 Å². The molecule has 0 bridgehead atoms. The predicted molar refractivity (Wildman–Crippen MR) is 83.7 cm³/mol. The third-order valence-electron chi connectivity index (χ3n) is 3.73. The van der Waals surface area contributed by atoms with E-state index in [-0.39, 0.29) is 11.9 Å². The fraction of sp³-hybridized carbons (Fsp3) is 0.222. The Kier molecular flexibility index (Phi) is 3.92. The number of para-hydroxylation sites is 1. The highest BCUT2D eigenvalue weighted by Crippen LogP contribution is 2.29. The van der Waals surface area contributed by atoms with Crippen molar-refractivity contribution in [3.63, 3.8) is 0 Å². The summed E-state index contributed by atoms with van der Waals surface area (Å²) in [4.78, 5) is 25.6. The summed E-state index contributed by atoms with van der Waals surface area (Å²) in [7, 11) is 0. The van der Waals surface area contributed by atoms with Crippen LogP contribution in [0.5, 0.6) is 0 Å². The second kappa shape index (κ2) is 6.02. The number of hydrogen-bond acceptors (Lipinski definition) is 3. The Labute approximate surface area is 129 Å². The van der Waals surface area contributed by atoms with E-state index in [2.05, 4.69) is 0 Å². The largest absolute Gasteiger partial charge is 0.462 e. The SMILES string of the molecule is CCOC(=O)c1ccc(CN2C(=O)Cc3ccccc32)cc1. The number of anilines is 1. The van der Waals surface area contributed by atoms with Crippen molar-refractivity contribution in [2.75, 3.05) is 11.5 Å². The lowest BCUT2D eigenvalue weighted by Crippen LogP contribution is -2.25. The van der Waals surface area contributed by atoms with Crippen LogP contribution in [0, 0.1) is 0 Å². The predicted octanol–water partition coefficient (Wildman–Crippen LogP) is 2.95. The number of fused-ring (bicyclic) bond motifs is 1. The number of amides is 1. The number of ether oxygens (including phenoxy) is 1. The number of carbonyl (C=O) groups is 2. The minimum Gasteiger partial charge on any atom is -0.462 e. The van der Waals surface area contributed by atoms with E-state index in [1.165, 1.54) is 0 Å². The van der Waals surface area contributed by atoms with Gasteiger partial charge in [-0.25, -0.2) is 4.79 Å². The van der Waals surface area contributed by atoms with Gasteiger partial charge in [0.2, 0.25) is 5.91 Å². The molecule has 1 aliphatic rings. The van der Waals surface area contributed by atoms with Crippen LogP contribution in [0.15, 0.2) is 48.5 Å². The van der Waals surface area contributed by atoms with Gasteiger partial charge < -0.3 is 9.64 Å². The molecular formula is C18H17NO3. The molecule has 2 aromatic carbocycles. The molecule has 1 aliphatic heterocycles. The second-order valence-electron chi connectivity index (χ2n) is 5.20. The summed E-state index contributed by atoms with van der Waals surface area (Å²) in [5, 5.41) is 0. The summed E-state index contributed by atoms with van der Waals surface area (Å²) in [6, 6.07) is 15.0. The zero-order chi connectivity index (χ0) is 15.5. The zero-order valence-electron chi connectivity index (χ0n) is 12.4. The van der Waals surface area contributed by atoms with Gasteiger partial charge in [-0.05, 0) is 36.2 Å². The van der Waals surface area contributed by atoms with Crippen molar-refractivity contribution in [2.45, 2.75) is 19.9 Å². The third-order valence-corrected chi connectivity index (χ3v) is 3.73. The minimum absolute atomic E-state index is 0.107. The number of nitrogens with zero attached hydrogens (tertiary/aromatic N) is 1. The van der Waals surface area contributed by atoms with Crippen LogP contribution in [0.4, 0.5) is 5.69 Å². The van der Waals surface area contributed by atoms with E-state index in [1.54, 1.807) is 24.0 Å². The Morgan fingerprint density at radius 2 is 1.86 bits per heavy atom. The van der Waals surface area contributed by atoms with Gasteiger partial charge in [-0.2, -0.15) is 0 Å². The Morgan fingerprint density at radius 1 is 1.14 bits per heavy atom. The molecule has 2 aromatic rings. The van der Waals surface area contributed by atoms with Gasteiger partial charge in [0.15, 0.2) is 0 Å². The molecular weight excluding hydrogens is 278 g/mol. The molecule has 0 unspecified atom stereocenters. The molecule has 4 heteroatoms. The number of benzene rings is 2. The van der Waals surface area contributed by atoms with Crippen LogP contribution >= 0.6 is 0 Å². The van der Waals surface area contributed by atoms with Crippen LogP contribution in [-0.4, -0.2) is 18.5 Å². The van der Waals surface area contributed by atoms with Crippen molar-refractivity contribution in [2.24, 2.45) is 0 Å². The number of esters is 1. The number of carbonyl (C=O) groups excluding carboxylic acids is 2. The summed E-state index contributed by atoms with van der Waals surface area (Å²) in [6.07, 6.45) is 0.455. The quantitative estimate of drug-likeness (QED) is 0.815. The molecule has 0 radical (unpaired) electrons. The summed E-state index contributed by atoms with van der Waals surface area (Å²) >= 11 is 0. The van der Waals surface area contributed by atoms with E-state index in [9.17, 15) is 9.59 Å². The molecule has 4 nitrogen and oxygen atoms in total. The molecule has 0 saturated carbocycles. The van der Waals surface area contributed by atoms with E-state index >= 15 is 0 Å². The van der Waals surface area contributed by atoms with E-state index in [0.29, 0.717) is 25.1 Å². The van der Waals surface area contributed by atoms with Gasteiger partial charge in [0.1, 0.15) is 0 Å². The lowest BCUT2D eigenvalue weighted by molar-refractivity contribution is -0.117. The van der Waals surface area contributed by atoms with E-state index < -0.39 is 0 Å². The molecule has 112 valence electrons. The maximum Gasteiger partial charge on any atom is 0.338 e. The van der Waals surface area contributed by atoms with Gasteiger partial charge >= 0.3 is 5.97 Å². The highest BCUT2D eigenvalue weighted by Gasteiger charge is 2.26. The maximum atomic E-state index is 12.1. The second-order valence-corrected chi connectivity index (χ2v) is 5.20. The van der Waals surface area contributed by atoms with Gasteiger partial charge in [0.05, 0.1) is 25.1 Å². The van der Waals surface area contributed by atoms with Gasteiger partial charge in [-0.15, -0.1) is 0 Å². The van der Waals surface area contributed by atoms with E-state index in [4.69, 9.17) is 4.74 Å². The molecule has 0 aliphatic carbocycles. The summed E-state index contributed by atoms with van der Waals surface area (Å²) in [5.41, 5.74) is 3.55. The molecule has 3 rings (SSSR count). The Bertz CT molecular complexity index is 707. The Balaban J connectivity index is 1.76. The number of rotatable bonds is 4. The normalized spacial score (nSPS) is 13.1. The van der Waals surface area contributed by atoms with Gasteiger partial charge in [0.25, 0.3) is 0 Å². The van der Waals surface area contributed by atoms with Crippen molar-refractivity contribution in [1.29, 1.82) is 0 Å². The molecule has 0 aromatic heterocycles. The smallest absolute Gasteiger partial charge is 0.338 e. The average molecular weight is 295 g/mol. The monoisotopic (exact) mass is 295 g/mol. The molecule has 22 heavy (non-hydrogen) atoms. The molecule has 0 fully saturated rings. The fourth-order valence-electron chi connectivity index (χ4n) is 2.63. The first-order valence-electron chi connectivity index (χ1n) is 7.33. The first-order chi connectivity index (χ1) is 10.7. The first kappa shape index (κ1) is 14.3. The van der Waals surface area contributed by atoms with Crippen molar-refractivity contribution >= 4 is 17.6 Å². The van der Waals surface area contributed by atoms with Gasteiger partial charge in [0, 0.05) is 5.69 Å². The molecule has 0 spiro atoms. The topological polar surface area (TPSA) is 46.6 Å². The van der Waals surface area contributed by atoms with Crippen molar-refractivity contribution < 1.29 is 14.3 Å². The van der Waals surface area contributed by atoms with Crippen LogP contribution in [0.1, 0.15) is 28.4 Å². The lowest BCUT2D eigenvalue weighted by atomic mass is 10.1. The Hall–Kier alpha value is -2.62. The summed E-state index contributed by atoms with van der Waals surface area (Å²) in [5.74, 6) is -0.215. The summed E-state index contributed by atoms with van der Waals surface area (Å²) in [6.45, 7) is 2.65. The fourth-order valence-corrected chi connectivity index (χ4v) is 2.63. The average Bonchev–Trinajstić information content (AvgIpc) is 2.84. The van der Waals surface area contributed by atoms with Crippen molar-refractivity contribution in [1.82, 2.24) is 0 Å². The van der Waals surface area contributed by atoms with Gasteiger partial charge in [-0.3, -0.25) is 4.79 Å². The lowest BCUT2D eigenvalue weighted by Gasteiger charge is -2.17. The highest BCUT2D eigenvalue weighted by molar-refractivity contribution is 6.01. The van der Waals surface area contributed by atoms with Crippen LogP contribution < -0.4 is 4.90 Å². The standard InChI is InChI=1S/C18H17NO3/c1-2-22-18(21)14-9-7-13(8-10-14)12-19-16-6-4-3-5-15(16)11-17(19)20/h3-10H,2,11-12H2,1H3. The van der Waals surface area contributed by atoms with Crippen molar-refractivity contribution in [3.8, 4) is 0 Å². The molecule has 1 heterocycles. The van der Waals surface area contributed by atoms with Crippen LogP contribution in [-0.2, 0) is 22.5 Å². The van der Waals surface area contributed by atoms with Crippen LogP contribution in [0.2, 0.25) is 0 Å². The third kappa shape index (κ3) is 2.72. The molecule has 0 atom stereocenters. The van der Waals surface area contributed by atoms with Crippen LogP contribution in [0.3, 0.4) is 0 Å². The van der Waals surface area contributed by atoms with Gasteiger partial charge in [-0.1, -0.05) is 30.3 Å². The number of hydrogen-bond donors (Lipinski definition) is 0. The molecule has 0 saturated heterocycles. The molecule has 0 N–H and O–H groups in total.